The van der Waals surface area contributed by atoms with Crippen molar-refractivity contribution in [2.45, 2.75) is 57.9 Å². The minimum atomic E-state index is -0.355. The summed E-state index contributed by atoms with van der Waals surface area (Å²) in [6.07, 6.45) is 3.37. The van der Waals surface area contributed by atoms with E-state index in [9.17, 15) is 9.59 Å². The highest BCUT2D eigenvalue weighted by atomic mass is 32.2. The predicted octanol–water partition coefficient (Wildman–Crippen LogP) is 3.88. The van der Waals surface area contributed by atoms with Crippen molar-refractivity contribution in [1.82, 2.24) is 5.32 Å². The Balaban J connectivity index is 1.72. The van der Waals surface area contributed by atoms with E-state index in [-0.39, 0.29) is 30.3 Å². The van der Waals surface area contributed by atoms with Gasteiger partial charge in [0.05, 0.1) is 5.75 Å². The number of thioether (sulfide) groups is 1. The van der Waals surface area contributed by atoms with E-state index < -0.39 is 0 Å². The minimum Gasteiger partial charge on any atom is -0.455 e. The van der Waals surface area contributed by atoms with Crippen LogP contribution in [0.3, 0.4) is 0 Å². The monoisotopic (exact) mass is 363 g/mol. The number of hydrogen-bond donors (Lipinski definition) is 1. The van der Waals surface area contributed by atoms with Gasteiger partial charge in [-0.15, -0.1) is 11.8 Å². The molecule has 5 heteroatoms. The molecule has 1 aliphatic rings. The molecule has 0 unspecified atom stereocenters. The van der Waals surface area contributed by atoms with E-state index >= 15 is 0 Å². The summed E-state index contributed by atoms with van der Waals surface area (Å²) in [5.74, 6) is 0.750. The Morgan fingerprint density at radius 3 is 2.76 bits per heavy atom. The van der Waals surface area contributed by atoms with Crippen LogP contribution in [0.25, 0.3) is 0 Å². The van der Waals surface area contributed by atoms with Gasteiger partial charge in [0.25, 0.3) is 5.91 Å². The normalized spacial score (nSPS) is 23.1. The minimum absolute atomic E-state index is 0.191. The van der Waals surface area contributed by atoms with E-state index in [4.69, 9.17) is 4.74 Å². The van der Waals surface area contributed by atoms with Crippen LogP contribution in [0, 0.1) is 25.7 Å². The molecule has 1 saturated carbocycles. The van der Waals surface area contributed by atoms with Crippen molar-refractivity contribution < 1.29 is 14.3 Å². The molecule has 1 aromatic rings. The summed E-state index contributed by atoms with van der Waals surface area (Å²) in [5.41, 5.74) is 2.30. The fourth-order valence-electron chi connectivity index (χ4n) is 3.22. The Bertz CT molecular complexity index is 617. The average Bonchev–Trinajstić information content (AvgIpc) is 2.58. The number of rotatable bonds is 6. The van der Waals surface area contributed by atoms with Crippen LogP contribution < -0.4 is 5.32 Å². The smallest absolute Gasteiger partial charge is 0.316 e. The van der Waals surface area contributed by atoms with Crippen LogP contribution in [0.2, 0.25) is 0 Å². The van der Waals surface area contributed by atoms with Gasteiger partial charge in [0.1, 0.15) is 0 Å². The molecule has 0 bridgehead atoms. The molecule has 0 heterocycles. The average molecular weight is 364 g/mol. The number of benzene rings is 1. The molecule has 25 heavy (non-hydrogen) atoms. The molecule has 0 saturated heterocycles. The van der Waals surface area contributed by atoms with Crippen LogP contribution in [0.4, 0.5) is 0 Å². The van der Waals surface area contributed by atoms with Gasteiger partial charge in [0.2, 0.25) is 0 Å². The number of esters is 1. The molecule has 0 aromatic heterocycles. The summed E-state index contributed by atoms with van der Waals surface area (Å²) in [5, 5.41) is 3.02. The topological polar surface area (TPSA) is 55.4 Å². The zero-order valence-corrected chi connectivity index (χ0v) is 16.4. The van der Waals surface area contributed by atoms with Gasteiger partial charge >= 0.3 is 5.97 Å². The first-order valence-corrected chi connectivity index (χ1v) is 10.0. The van der Waals surface area contributed by atoms with E-state index in [2.05, 4.69) is 31.3 Å². The van der Waals surface area contributed by atoms with Crippen molar-refractivity contribution in [2.24, 2.45) is 11.8 Å². The summed E-state index contributed by atoms with van der Waals surface area (Å²) in [4.78, 5) is 25.0. The largest absolute Gasteiger partial charge is 0.455 e. The van der Waals surface area contributed by atoms with Crippen molar-refractivity contribution in [2.75, 3.05) is 12.4 Å². The molecule has 138 valence electrons. The molecule has 0 radical (unpaired) electrons. The SMILES string of the molecule is Cc1ccc(C)c(SCC(=O)OCC(=O)N[C@@H]2CCC[C@@H](C)[C@H]2C)c1. The van der Waals surface area contributed by atoms with Crippen molar-refractivity contribution in [3.8, 4) is 0 Å². The molecule has 1 fully saturated rings. The summed E-state index contributed by atoms with van der Waals surface area (Å²) in [6.45, 7) is 8.27. The number of carbonyl (C=O) groups excluding carboxylic acids is 2. The lowest BCUT2D eigenvalue weighted by Gasteiger charge is -2.34. The molecule has 4 nitrogen and oxygen atoms in total. The van der Waals surface area contributed by atoms with Crippen molar-refractivity contribution in [3.05, 3.63) is 29.3 Å². The maximum absolute atomic E-state index is 12.0. The first kappa shape index (κ1) is 19.8. The summed E-state index contributed by atoms with van der Waals surface area (Å²) in [6, 6.07) is 6.35. The fourth-order valence-corrected chi connectivity index (χ4v) is 4.14. The molecule has 1 aromatic carbocycles. The van der Waals surface area contributed by atoms with E-state index in [1.165, 1.54) is 18.2 Å². The van der Waals surface area contributed by atoms with Crippen LogP contribution >= 0.6 is 11.8 Å². The van der Waals surface area contributed by atoms with Crippen molar-refractivity contribution in [3.63, 3.8) is 0 Å². The third-order valence-corrected chi connectivity index (χ3v) is 6.24. The van der Waals surface area contributed by atoms with E-state index in [1.807, 2.05) is 19.9 Å². The van der Waals surface area contributed by atoms with E-state index in [0.717, 1.165) is 28.9 Å². The zero-order chi connectivity index (χ0) is 18.4. The predicted molar refractivity (Wildman–Crippen MR) is 102 cm³/mol. The Labute approximate surface area is 155 Å². The number of amides is 1. The van der Waals surface area contributed by atoms with Gasteiger partial charge in [-0.3, -0.25) is 9.59 Å². The van der Waals surface area contributed by atoms with Gasteiger partial charge in [0.15, 0.2) is 6.61 Å². The molecule has 1 N–H and O–H groups in total. The quantitative estimate of drug-likeness (QED) is 0.615. The number of carbonyl (C=O) groups is 2. The maximum atomic E-state index is 12.0. The highest BCUT2D eigenvalue weighted by molar-refractivity contribution is 8.00. The van der Waals surface area contributed by atoms with Gasteiger partial charge in [-0.05, 0) is 43.7 Å². The van der Waals surface area contributed by atoms with Gasteiger partial charge in [-0.25, -0.2) is 0 Å². The second-order valence-electron chi connectivity index (χ2n) is 7.16. The number of hydrogen-bond acceptors (Lipinski definition) is 4. The Kier molecular flexibility index (Phi) is 7.36. The van der Waals surface area contributed by atoms with Crippen LogP contribution in [-0.2, 0) is 14.3 Å². The van der Waals surface area contributed by atoms with Crippen LogP contribution in [0.15, 0.2) is 23.1 Å². The first-order valence-electron chi connectivity index (χ1n) is 9.02. The maximum Gasteiger partial charge on any atom is 0.316 e. The van der Waals surface area contributed by atoms with Gasteiger partial charge in [-0.2, -0.15) is 0 Å². The molecule has 1 amide bonds. The first-order chi connectivity index (χ1) is 11.9. The molecule has 0 aliphatic heterocycles. The third-order valence-electron chi connectivity index (χ3n) is 5.11. The molecular formula is C20H29NO3S. The van der Waals surface area contributed by atoms with E-state index in [1.54, 1.807) is 0 Å². The lowest BCUT2D eigenvalue weighted by molar-refractivity contribution is -0.146. The summed E-state index contributed by atoms with van der Waals surface area (Å²) < 4.78 is 5.13. The summed E-state index contributed by atoms with van der Waals surface area (Å²) in [7, 11) is 0. The van der Waals surface area contributed by atoms with Crippen LogP contribution in [-0.4, -0.2) is 30.3 Å². The lowest BCUT2D eigenvalue weighted by Crippen LogP contribution is -2.45. The molecule has 0 spiro atoms. The third kappa shape index (κ3) is 6.07. The molecule has 1 aliphatic carbocycles. The van der Waals surface area contributed by atoms with Crippen LogP contribution in [0.5, 0.6) is 0 Å². The zero-order valence-electron chi connectivity index (χ0n) is 15.6. The standard InChI is InChI=1S/C20H29NO3S/c1-13-8-9-15(3)18(10-13)25-12-20(23)24-11-19(22)21-17-7-5-6-14(2)16(17)4/h8-10,14,16-17H,5-7,11-12H2,1-4H3,(H,21,22)/t14-,16-,17-/m1/s1. The van der Waals surface area contributed by atoms with Crippen molar-refractivity contribution in [1.29, 1.82) is 0 Å². The number of aryl methyl sites for hydroxylation is 2. The lowest BCUT2D eigenvalue weighted by atomic mass is 9.78. The second kappa shape index (κ2) is 9.27. The van der Waals surface area contributed by atoms with Crippen LogP contribution in [0.1, 0.15) is 44.2 Å². The summed E-state index contributed by atoms with van der Waals surface area (Å²) >= 11 is 1.45. The molecule has 3 atom stereocenters. The fraction of sp³-hybridized carbons (Fsp3) is 0.600. The van der Waals surface area contributed by atoms with Gasteiger partial charge in [-0.1, -0.05) is 44.4 Å². The Morgan fingerprint density at radius 1 is 1.24 bits per heavy atom. The second-order valence-corrected chi connectivity index (χ2v) is 8.18. The highest BCUT2D eigenvalue weighted by Gasteiger charge is 2.28. The highest BCUT2D eigenvalue weighted by Crippen LogP contribution is 2.29. The van der Waals surface area contributed by atoms with Gasteiger partial charge < -0.3 is 10.1 Å². The number of nitrogens with one attached hydrogen (secondary N) is 1. The number of ether oxygens (including phenoxy) is 1. The molecule has 2 rings (SSSR count). The van der Waals surface area contributed by atoms with Crippen molar-refractivity contribution >= 4 is 23.6 Å². The Morgan fingerprint density at radius 2 is 2.00 bits per heavy atom. The molecular weight excluding hydrogens is 334 g/mol. The Hall–Kier alpha value is -1.49. The van der Waals surface area contributed by atoms with E-state index in [0.29, 0.717) is 11.8 Å². The van der Waals surface area contributed by atoms with Gasteiger partial charge in [0, 0.05) is 10.9 Å².